The minimum atomic E-state index is -0.0334. The van der Waals surface area contributed by atoms with Crippen LogP contribution < -0.4 is 0 Å². The Kier molecular flexibility index (Phi) is 6.06. The van der Waals surface area contributed by atoms with E-state index in [-0.39, 0.29) is 12.0 Å². The minimum absolute atomic E-state index is 0.0334. The van der Waals surface area contributed by atoms with Crippen LogP contribution in [0.25, 0.3) is 0 Å². The van der Waals surface area contributed by atoms with Crippen molar-refractivity contribution in [2.45, 2.75) is 32.2 Å². The van der Waals surface area contributed by atoms with Crippen LogP contribution in [0.4, 0.5) is 0 Å². The molecule has 0 bridgehead atoms. The van der Waals surface area contributed by atoms with E-state index in [1.807, 2.05) is 18.2 Å². The van der Waals surface area contributed by atoms with E-state index in [9.17, 15) is 5.11 Å². The summed E-state index contributed by atoms with van der Waals surface area (Å²) in [6.45, 7) is 5.20. The van der Waals surface area contributed by atoms with Crippen LogP contribution in [0.3, 0.4) is 0 Å². The normalized spacial score (nSPS) is 20.4. The molecule has 21 heavy (non-hydrogen) atoms. The van der Waals surface area contributed by atoms with Gasteiger partial charge in [-0.15, -0.1) is 0 Å². The summed E-state index contributed by atoms with van der Waals surface area (Å²) in [4.78, 5) is 2.45. The molecule has 0 saturated carbocycles. The highest BCUT2D eigenvalue weighted by molar-refractivity contribution is 6.31. The van der Waals surface area contributed by atoms with Gasteiger partial charge in [-0.05, 0) is 56.3 Å². The number of ether oxygens (including phenoxy) is 1. The van der Waals surface area contributed by atoms with Crippen molar-refractivity contribution in [2.75, 3.05) is 33.4 Å². The van der Waals surface area contributed by atoms with Crippen LogP contribution in [-0.2, 0) is 11.2 Å². The third-order valence-electron chi connectivity index (χ3n) is 4.75. The lowest BCUT2D eigenvalue weighted by Gasteiger charge is -2.43. The quantitative estimate of drug-likeness (QED) is 0.876. The Morgan fingerprint density at radius 2 is 2.00 bits per heavy atom. The highest BCUT2D eigenvalue weighted by Gasteiger charge is 2.35. The molecule has 0 aliphatic carbocycles. The molecule has 1 unspecified atom stereocenters. The lowest BCUT2D eigenvalue weighted by molar-refractivity contribution is 0.0130. The topological polar surface area (TPSA) is 32.7 Å². The Labute approximate surface area is 132 Å². The molecule has 0 spiro atoms. The Bertz CT molecular complexity index is 444. The fraction of sp³-hybridized carbons (Fsp3) is 0.647. The maximum absolute atomic E-state index is 9.94. The van der Waals surface area contributed by atoms with Crippen LogP contribution >= 0.6 is 11.6 Å². The van der Waals surface area contributed by atoms with Gasteiger partial charge in [-0.25, -0.2) is 0 Å². The monoisotopic (exact) mass is 311 g/mol. The first-order valence-corrected chi connectivity index (χ1v) is 8.05. The largest absolute Gasteiger partial charge is 0.396 e. The average Bonchev–Trinajstić information content (AvgIpc) is 2.50. The van der Waals surface area contributed by atoms with E-state index in [1.165, 1.54) is 0 Å². The number of aliphatic hydroxyl groups is 1. The molecule has 1 N–H and O–H groups in total. The fourth-order valence-electron chi connectivity index (χ4n) is 3.22. The van der Waals surface area contributed by atoms with Gasteiger partial charge in [0.15, 0.2) is 0 Å². The molecule has 1 saturated heterocycles. The Morgan fingerprint density at radius 3 is 2.57 bits per heavy atom. The van der Waals surface area contributed by atoms with Gasteiger partial charge in [0.05, 0.1) is 6.61 Å². The first-order valence-electron chi connectivity index (χ1n) is 7.67. The minimum Gasteiger partial charge on any atom is -0.396 e. The van der Waals surface area contributed by atoms with E-state index in [4.69, 9.17) is 16.3 Å². The SMILES string of the molecule is COCC(C)N1CCC(CO)(Cc2ccccc2Cl)CC1. The number of rotatable bonds is 6. The molecule has 0 radical (unpaired) electrons. The van der Waals surface area contributed by atoms with Gasteiger partial charge in [0.1, 0.15) is 0 Å². The van der Waals surface area contributed by atoms with Gasteiger partial charge in [0, 0.05) is 24.8 Å². The molecule has 1 aliphatic heterocycles. The zero-order valence-corrected chi connectivity index (χ0v) is 13.8. The number of hydrogen-bond donors (Lipinski definition) is 1. The van der Waals surface area contributed by atoms with Gasteiger partial charge < -0.3 is 9.84 Å². The van der Waals surface area contributed by atoms with Crippen molar-refractivity contribution < 1.29 is 9.84 Å². The molecule has 2 rings (SSSR count). The Morgan fingerprint density at radius 1 is 1.33 bits per heavy atom. The standard InChI is InChI=1S/C17H26ClNO2/c1-14(12-21-2)19-9-7-17(13-20,8-10-19)11-15-5-3-4-6-16(15)18/h3-6,14,20H,7-13H2,1-2H3. The number of aliphatic hydroxyl groups excluding tert-OH is 1. The van der Waals surface area contributed by atoms with Crippen molar-refractivity contribution in [3.05, 3.63) is 34.9 Å². The number of nitrogens with zero attached hydrogens (tertiary/aromatic N) is 1. The second-order valence-corrected chi connectivity index (χ2v) is 6.67. The number of piperidine rings is 1. The van der Waals surface area contributed by atoms with Gasteiger partial charge in [0.25, 0.3) is 0 Å². The highest BCUT2D eigenvalue weighted by Crippen LogP contribution is 2.36. The number of halogens is 1. The van der Waals surface area contributed by atoms with Gasteiger partial charge in [-0.3, -0.25) is 4.90 Å². The highest BCUT2D eigenvalue weighted by atomic mass is 35.5. The van der Waals surface area contributed by atoms with Gasteiger partial charge >= 0.3 is 0 Å². The molecule has 1 aliphatic rings. The van der Waals surface area contributed by atoms with Crippen molar-refractivity contribution in [2.24, 2.45) is 5.41 Å². The Balaban J connectivity index is 2.00. The van der Waals surface area contributed by atoms with E-state index >= 15 is 0 Å². The summed E-state index contributed by atoms with van der Waals surface area (Å²) in [6.07, 6.45) is 2.86. The molecule has 1 atom stereocenters. The summed E-state index contributed by atoms with van der Waals surface area (Å²) < 4.78 is 5.24. The Hall–Kier alpha value is -0.610. The maximum atomic E-state index is 9.94. The summed E-state index contributed by atoms with van der Waals surface area (Å²) >= 11 is 6.27. The van der Waals surface area contributed by atoms with Gasteiger partial charge in [0.2, 0.25) is 0 Å². The molecular formula is C17H26ClNO2. The summed E-state index contributed by atoms with van der Waals surface area (Å²) in [7, 11) is 1.75. The summed E-state index contributed by atoms with van der Waals surface area (Å²) in [5.41, 5.74) is 1.11. The summed E-state index contributed by atoms with van der Waals surface area (Å²) in [6, 6.07) is 8.40. The average molecular weight is 312 g/mol. The van der Waals surface area contributed by atoms with Crippen molar-refractivity contribution in [1.82, 2.24) is 4.90 Å². The van der Waals surface area contributed by atoms with Gasteiger partial charge in [-0.1, -0.05) is 29.8 Å². The van der Waals surface area contributed by atoms with E-state index in [0.29, 0.717) is 6.04 Å². The third-order valence-corrected chi connectivity index (χ3v) is 5.12. The predicted octanol–water partition coefficient (Wildman–Crippen LogP) is 2.99. The molecule has 0 aromatic heterocycles. The van der Waals surface area contributed by atoms with E-state index in [2.05, 4.69) is 17.9 Å². The molecule has 1 aromatic carbocycles. The first-order chi connectivity index (χ1) is 10.1. The number of likely N-dealkylation sites (tertiary alicyclic amines) is 1. The van der Waals surface area contributed by atoms with Crippen molar-refractivity contribution in [3.63, 3.8) is 0 Å². The molecule has 4 heteroatoms. The van der Waals surface area contributed by atoms with E-state index in [0.717, 1.165) is 49.5 Å². The van der Waals surface area contributed by atoms with Crippen molar-refractivity contribution in [3.8, 4) is 0 Å². The van der Waals surface area contributed by atoms with E-state index < -0.39 is 0 Å². The molecule has 3 nitrogen and oxygen atoms in total. The van der Waals surface area contributed by atoms with Crippen LogP contribution in [0.1, 0.15) is 25.3 Å². The number of methoxy groups -OCH3 is 1. The van der Waals surface area contributed by atoms with E-state index in [1.54, 1.807) is 7.11 Å². The maximum Gasteiger partial charge on any atom is 0.0615 e. The third kappa shape index (κ3) is 4.19. The molecule has 1 aromatic rings. The molecular weight excluding hydrogens is 286 g/mol. The lowest BCUT2D eigenvalue weighted by Crippen LogP contribution is -2.47. The van der Waals surface area contributed by atoms with Crippen LogP contribution in [0.2, 0.25) is 5.02 Å². The zero-order valence-electron chi connectivity index (χ0n) is 13.0. The predicted molar refractivity (Wildman–Crippen MR) is 86.8 cm³/mol. The number of hydrogen-bond acceptors (Lipinski definition) is 3. The summed E-state index contributed by atoms with van der Waals surface area (Å²) in [5.74, 6) is 0. The van der Waals surface area contributed by atoms with Crippen LogP contribution in [-0.4, -0.2) is 49.5 Å². The van der Waals surface area contributed by atoms with Crippen LogP contribution in [0.15, 0.2) is 24.3 Å². The molecule has 1 fully saturated rings. The summed E-state index contributed by atoms with van der Waals surface area (Å²) in [5, 5.41) is 10.7. The second kappa shape index (κ2) is 7.59. The second-order valence-electron chi connectivity index (χ2n) is 6.27. The van der Waals surface area contributed by atoms with Crippen LogP contribution in [0, 0.1) is 5.41 Å². The number of benzene rings is 1. The molecule has 0 amide bonds. The van der Waals surface area contributed by atoms with Gasteiger partial charge in [-0.2, -0.15) is 0 Å². The lowest BCUT2D eigenvalue weighted by atomic mass is 9.74. The zero-order chi connectivity index (χ0) is 15.3. The van der Waals surface area contributed by atoms with Crippen molar-refractivity contribution in [1.29, 1.82) is 0 Å². The smallest absolute Gasteiger partial charge is 0.0615 e. The van der Waals surface area contributed by atoms with Crippen molar-refractivity contribution >= 4 is 11.6 Å². The molecule has 1 heterocycles. The first kappa shape index (κ1) is 16.8. The molecule has 118 valence electrons. The van der Waals surface area contributed by atoms with Crippen LogP contribution in [0.5, 0.6) is 0 Å². The fourth-order valence-corrected chi connectivity index (χ4v) is 3.42.